The van der Waals surface area contributed by atoms with E-state index < -0.39 is 142 Å². The number of aliphatic hydroxyl groups excluding tert-OH is 10. The molecule has 0 aliphatic carbocycles. The van der Waals surface area contributed by atoms with Crippen LogP contribution in [-0.2, 0) is 38.1 Å². The summed E-state index contributed by atoms with van der Waals surface area (Å²) in [4.78, 5) is 36.9. The molecule has 0 aromatic heterocycles. The maximum Gasteiger partial charge on any atom is 0.364 e. The molecule has 0 bridgehead atoms. The second kappa shape index (κ2) is 15.8. The lowest BCUT2D eigenvalue weighted by Crippen LogP contribution is -2.72. The summed E-state index contributed by atoms with van der Waals surface area (Å²) < 4.78 is 27.5. The number of amides is 2. The minimum absolute atomic E-state index is 0.755. The molecule has 3 rings (SSSR count). The summed E-state index contributed by atoms with van der Waals surface area (Å²) in [5, 5.41) is 118. The fraction of sp³-hybridized carbons (Fsp3) is 0.880. The Morgan fingerprint density at radius 3 is 1.91 bits per heavy atom. The summed E-state index contributed by atoms with van der Waals surface area (Å²) in [6.45, 7) is -0.841. The van der Waals surface area contributed by atoms with Gasteiger partial charge in [0.1, 0.15) is 67.1 Å². The molecule has 0 saturated carbocycles. The fourth-order valence-electron chi connectivity index (χ4n) is 5.56. The van der Waals surface area contributed by atoms with Gasteiger partial charge in [0.2, 0.25) is 11.8 Å². The van der Waals surface area contributed by atoms with Gasteiger partial charge in [-0.25, -0.2) is 4.79 Å². The lowest BCUT2D eigenvalue weighted by atomic mass is 9.88. The number of ether oxygens (including phenoxy) is 5. The number of carbonyl (C=O) groups excluding carboxylic acids is 2. The van der Waals surface area contributed by atoms with Gasteiger partial charge in [-0.15, -0.1) is 0 Å². The molecular formula is C25H42N2O19. The first-order valence-corrected chi connectivity index (χ1v) is 14.2. The summed E-state index contributed by atoms with van der Waals surface area (Å²) in [6.07, 6.45) is -25.6. The molecule has 1 unspecified atom stereocenters. The van der Waals surface area contributed by atoms with E-state index in [1.165, 1.54) is 0 Å². The number of aliphatic hydroxyl groups is 10. The topological polar surface area (TPSA) is 344 Å². The van der Waals surface area contributed by atoms with E-state index in [1.807, 2.05) is 0 Å². The molecule has 0 spiro atoms. The zero-order chi connectivity index (χ0) is 34.7. The molecule has 266 valence electrons. The van der Waals surface area contributed by atoms with Crippen molar-refractivity contribution in [3.05, 3.63) is 0 Å². The normalized spacial score (nSPS) is 42.9. The average Bonchev–Trinajstić information content (AvgIpc) is 2.99. The monoisotopic (exact) mass is 674 g/mol. The fourth-order valence-corrected chi connectivity index (χ4v) is 5.56. The van der Waals surface area contributed by atoms with Gasteiger partial charge in [-0.1, -0.05) is 0 Å². The molecule has 2 amide bonds. The molecule has 46 heavy (non-hydrogen) atoms. The largest absolute Gasteiger partial charge is 0.477 e. The molecule has 16 atom stereocenters. The van der Waals surface area contributed by atoms with E-state index in [0.29, 0.717) is 0 Å². The van der Waals surface area contributed by atoms with Crippen molar-refractivity contribution in [2.45, 2.75) is 118 Å². The first-order chi connectivity index (χ1) is 21.5. The van der Waals surface area contributed by atoms with Crippen molar-refractivity contribution >= 4 is 17.8 Å². The Balaban J connectivity index is 2.05. The quantitative estimate of drug-likeness (QED) is 0.0913. The van der Waals surface area contributed by atoms with Gasteiger partial charge in [0.15, 0.2) is 12.6 Å². The maximum atomic E-state index is 12.8. The van der Waals surface area contributed by atoms with Crippen LogP contribution in [0.4, 0.5) is 0 Å². The highest BCUT2D eigenvalue weighted by Crippen LogP contribution is 2.38. The molecule has 21 heteroatoms. The summed E-state index contributed by atoms with van der Waals surface area (Å²) in [5.74, 6) is -6.60. The Bertz CT molecular complexity index is 1050. The van der Waals surface area contributed by atoms with Crippen molar-refractivity contribution < 1.29 is 94.2 Å². The van der Waals surface area contributed by atoms with Crippen molar-refractivity contribution in [2.24, 2.45) is 0 Å². The standard InChI is InChI=1S/C25H42N2O19/c1-7(31)26-13-9(33)3-25(24(40)41,45-19(13)15(35)10(34)4-28)46-20-14(27-8(2)32)23(43-12(6-30)16(20)36)44-21-17(37)11(5-29)42-22(39)18(21)38/h9-23,28-30,33-39H,3-6H2,1-2H3,(H,26,31)(H,27,32)(H,40,41)/t9-,10+,11+,12+,13+,14+,15+,16-,17-,18+,19+,20+,21-,22?,23-,25-/m0/s1. The molecule has 3 heterocycles. The van der Waals surface area contributed by atoms with E-state index in [1.54, 1.807) is 0 Å². The lowest BCUT2D eigenvalue weighted by molar-refractivity contribution is -0.370. The van der Waals surface area contributed by atoms with Crippen molar-refractivity contribution in [1.82, 2.24) is 10.6 Å². The highest BCUT2D eigenvalue weighted by Gasteiger charge is 2.60. The smallest absolute Gasteiger partial charge is 0.364 e. The van der Waals surface area contributed by atoms with Gasteiger partial charge in [-0.3, -0.25) is 9.59 Å². The number of nitrogens with one attached hydrogen (secondary N) is 2. The van der Waals surface area contributed by atoms with Crippen molar-refractivity contribution in [1.29, 1.82) is 0 Å². The summed E-state index contributed by atoms with van der Waals surface area (Å²) in [6, 6.07) is -3.32. The van der Waals surface area contributed by atoms with Crippen LogP contribution in [0.1, 0.15) is 20.3 Å². The SMILES string of the molecule is CC(=O)N[C@H]1[C@H](O[C@H]2[C@@H](O)[C@@H](CO)OC(O)[C@@H]2O)O[C@H](CO)[C@H](O)[C@@H]1O[C@]1(C(=O)O)C[C@H](O)[C@@H](NC(C)=O)[C@H]([C@H](O)[C@H](O)CO)O1. The minimum Gasteiger partial charge on any atom is -0.477 e. The second-order valence-corrected chi connectivity index (χ2v) is 11.2. The van der Waals surface area contributed by atoms with Crippen LogP contribution < -0.4 is 10.6 Å². The highest BCUT2D eigenvalue weighted by molar-refractivity contribution is 5.77. The molecule has 21 nitrogen and oxygen atoms in total. The number of hydrogen-bond donors (Lipinski definition) is 13. The number of carboxylic acid groups (broad SMARTS) is 1. The van der Waals surface area contributed by atoms with Gasteiger partial charge in [0, 0.05) is 20.3 Å². The Morgan fingerprint density at radius 2 is 1.39 bits per heavy atom. The van der Waals surface area contributed by atoms with Gasteiger partial charge < -0.3 is 90.5 Å². The summed E-state index contributed by atoms with van der Waals surface area (Å²) >= 11 is 0. The van der Waals surface area contributed by atoms with Gasteiger partial charge in [-0.2, -0.15) is 0 Å². The van der Waals surface area contributed by atoms with Gasteiger partial charge in [0.05, 0.1) is 32.0 Å². The maximum absolute atomic E-state index is 12.8. The van der Waals surface area contributed by atoms with Crippen LogP contribution in [0.25, 0.3) is 0 Å². The number of aliphatic carboxylic acids is 1. The third kappa shape index (κ3) is 8.08. The minimum atomic E-state index is -3.03. The molecule has 0 aromatic rings. The van der Waals surface area contributed by atoms with Crippen molar-refractivity contribution in [3.63, 3.8) is 0 Å². The molecule has 0 aromatic carbocycles. The molecule has 3 aliphatic rings. The van der Waals surface area contributed by atoms with Crippen LogP contribution in [-0.4, -0.2) is 191 Å². The van der Waals surface area contributed by atoms with Gasteiger partial charge >= 0.3 is 5.97 Å². The number of rotatable bonds is 12. The van der Waals surface area contributed by atoms with Crippen LogP contribution in [0.3, 0.4) is 0 Å². The molecule has 3 fully saturated rings. The molecular weight excluding hydrogens is 632 g/mol. The van der Waals surface area contributed by atoms with E-state index in [9.17, 15) is 70.6 Å². The summed E-state index contributed by atoms with van der Waals surface area (Å²) in [7, 11) is 0. The van der Waals surface area contributed by atoms with Crippen LogP contribution >= 0.6 is 0 Å². The Morgan fingerprint density at radius 1 is 0.848 bits per heavy atom. The van der Waals surface area contributed by atoms with E-state index in [0.717, 1.165) is 13.8 Å². The molecule has 3 aliphatic heterocycles. The van der Waals surface area contributed by atoms with E-state index in [4.69, 9.17) is 23.7 Å². The van der Waals surface area contributed by atoms with Crippen LogP contribution in [0.15, 0.2) is 0 Å². The number of carboxylic acids is 1. The number of carbonyl (C=O) groups is 3. The molecule has 3 saturated heterocycles. The molecule has 13 N–H and O–H groups in total. The second-order valence-electron chi connectivity index (χ2n) is 11.2. The first kappa shape index (κ1) is 38.3. The van der Waals surface area contributed by atoms with Crippen LogP contribution in [0.2, 0.25) is 0 Å². The van der Waals surface area contributed by atoms with Gasteiger partial charge in [0.25, 0.3) is 5.79 Å². The number of hydrogen-bond acceptors (Lipinski definition) is 18. The van der Waals surface area contributed by atoms with Crippen molar-refractivity contribution in [2.75, 3.05) is 19.8 Å². The average molecular weight is 675 g/mol. The van der Waals surface area contributed by atoms with E-state index in [2.05, 4.69) is 10.6 Å². The zero-order valence-corrected chi connectivity index (χ0v) is 24.7. The predicted octanol–water partition coefficient (Wildman–Crippen LogP) is -8.08. The Labute approximate surface area is 260 Å². The van der Waals surface area contributed by atoms with E-state index in [-0.39, 0.29) is 0 Å². The molecule has 0 radical (unpaired) electrons. The predicted molar refractivity (Wildman–Crippen MR) is 142 cm³/mol. The van der Waals surface area contributed by atoms with Crippen LogP contribution in [0, 0.1) is 0 Å². The third-order valence-electron chi connectivity index (χ3n) is 7.87. The van der Waals surface area contributed by atoms with E-state index >= 15 is 0 Å². The Kier molecular flexibility index (Phi) is 13.1. The van der Waals surface area contributed by atoms with Crippen LogP contribution in [0.5, 0.6) is 0 Å². The Hall–Kier alpha value is -2.19. The summed E-state index contributed by atoms with van der Waals surface area (Å²) in [5.41, 5.74) is 0. The lowest BCUT2D eigenvalue weighted by Gasteiger charge is -2.51. The zero-order valence-electron chi connectivity index (χ0n) is 24.7. The van der Waals surface area contributed by atoms with Crippen molar-refractivity contribution in [3.8, 4) is 0 Å². The van der Waals surface area contributed by atoms with Gasteiger partial charge in [-0.05, 0) is 0 Å². The first-order valence-electron chi connectivity index (χ1n) is 14.2. The highest BCUT2D eigenvalue weighted by atomic mass is 16.8. The third-order valence-corrected chi connectivity index (χ3v) is 7.87.